The Bertz CT molecular complexity index is 504. The van der Waals surface area contributed by atoms with Crippen LogP contribution in [0, 0.1) is 6.07 Å². The first-order valence-corrected chi connectivity index (χ1v) is 6.91. The summed E-state index contributed by atoms with van der Waals surface area (Å²) in [6.07, 6.45) is 0.997. The molecule has 1 fully saturated rings. The number of nitrogens with one attached hydrogen (secondary N) is 1. The Hall–Kier alpha value is -0.696. The fraction of sp³-hybridized carbons (Fsp3) is 0.294. The summed E-state index contributed by atoms with van der Waals surface area (Å²) in [6, 6.07) is 20.2. The van der Waals surface area contributed by atoms with Gasteiger partial charge in [-0.25, -0.2) is 0 Å². The van der Waals surface area contributed by atoms with Gasteiger partial charge in [-0.2, -0.15) is 35.9 Å². The molecule has 0 unspecified atom stereocenters. The molecule has 1 saturated heterocycles. The van der Waals surface area contributed by atoms with Crippen molar-refractivity contribution in [2.45, 2.75) is 6.42 Å². The molecular weight excluding hydrogens is 321 g/mol. The van der Waals surface area contributed by atoms with Gasteiger partial charge >= 0.3 is 0 Å². The number of benzene rings is 2. The molecule has 20 heavy (non-hydrogen) atoms. The number of anilines is 1. The molecule has 0 saturated carbocycles. The van der Waals surface area contributed by atoms with Crippen molar-refractivity contribution in [3.8, 4) is 0 Å². The van der Waals surface area contributed by atoms with Gasteiger partial charge in [0.15, 0.2) is 0 Å². The van der Waals surface area contributed by atoms with Crippen molar-refractivity contribution >= 4 is 5.69 Å². The van der Waals surface area contributed by atoms with Crippen LogP contribution in [0.4, 0.5) is 5.69 Å². The maximum absolute atomic E-state index is 3.38. The monoisotopic (exact) mass is 340 g/mol. The third-order valence-electron chi connectivity index (χ3n) is 3.61. The topological polar surface area (TPSA) is 15.3 Å². The normalized spacial score (nSPS) is 14.7. The summed E-state index contributed by atoms with van der Waals surface area (Å²) in [5, 5.41) is 3.38. The van der Waals surface area contributed by atoms with Crippen molar-refractivity contribution in [2.24, 2.45) is 0 Å². The summed E-state index contributed by atoms with van der Waals surface area (Å²) in [4.78, 5) is 2.44. The van der Waals surface area contributed by atoms with Crippen molar-refractivity contribution in [3.63, 3.8) is 0 Å². The smallest absolute Gasteiger partial charge is 0.0367 e. The number of nitrogens with zero attached hydrogens (tertiary/aromatic N) is 1. The zero-order valence-corrected chi connectivity index (χ0v) is 14.5. The molecule has 1 aliphatic rings. The van der Waals surface area contributed by atoms with E-state index in [4.69, 9.17) is 0 Å². The van der Waals surface area contributed by atoms with Gasteiger partial charge in [-0.05, 0) is 24.1 Å². The molecule has 0 aliphatic carbocycles. The maximum atomic E-state index is 3.38. The molecule has 0 spiro atoms. The minimum absolute atomic E-state index is 0. The average molecular weight is 340 g/mol. The maximum Gasteiger partial charge on any atom is 0.0367 e. The van der Waals surface area contributed by atoms with E-state index in [0.29, 0.717) is 0 Å². The first kappa shape index (κ1) is 15.7. The summed E-state index contributed by atoms with van der Waals surface area (Å²) in [5.41, 5.74) is 4.05. The van der Waals surface area contributed by atoms with Crippen molar-refractivity contribution in [3.05, 3.63) is 65.7 Å². The molecule has 2 nitrogen and oxygen atoms in total. The van der Waals surface area contributed by atoms with Gasteiger partial charge in [0.25, 0.3) is 0 Å². The molecule has 2 aromatic carbocycles. The molecule has 1 heterocycles. The van der Waals surface area contributed by atoms with Gasteiger partial charge in [-0.3, -0.25) is 0 Å². The summed E-state index contributed by atoms with van der Waals surface area (Å²) in [7, 11) is 0. The standard InChI is InChI=1S/C17H19N2.Y/c1-2-4-15(5-3-1)14-16-6-8-17(9-7-16)19-12-10-18-11-13-19;/h2-9,18H,10-14H2;/q-1;. The van der Waals surface area contributed by atoms with Crippen LogP contribution in [-0.4, -0.2) is 26.2 Å². The van der Waals surface area contributed by atoms with E-state index in [1.807, 2.05) is 12.1 Å². The van der Waals surface area contributed by atoms with E-state index < -0.39 is 0 Å². The van der Waals surface area contributed by atoms with E-state index in [1.165, 1.54) is 16.8 Å². The van der Waals surface area contributed by atoms with E-state index in [1.54, 1.807) is 0 Å². The second-order valence-corrected chi connectivity index (χ2v) is 4.99. The molecule has 3 heteroatoms. The molecule has 1 radical (unpaired) electrons. The van der Waals surface area contributed by atoms with Crippen molar-refractivity contribution in [1.82, 2.24) is 5.32 Å². The Balaban J connectivity index is 0.00000147. The van der Waals surface area contributed by atoms with Crippen LogP contribution in [0.15, 0.2) is 48.5 Å². The van der Waals surface area contributed by atoms with Crippen LogP contribution in [-0.2, 0) is 39.1 Å². The third kappa shape index (κ3) is 4.15. The van der Waals surface area contributed by atoms with Crippen LogP contribution in [0.3, 0.4) is 0 Å². The van der Waals surface area contributed by atoms with Gasteiger partial charge in [0.05, 0.1) is 0 Å². The Kier molecular flexibility index (Phi) is 6.21. The zero-order valence-electron chi connectivity index (χ0n) is 11.7. The number of hydrogen-bond donors (Lipinski definition) is 1. The SMILES string of the molecule is [Y].[c-]1ccc(Cc2ccc(N3CCNCC3)cc2)cc1. The Labute approximate surface area is 146 Å². The molecule has 0 atom stereocenters. The molecule has 1 N–H and O–H groups in total. The molecule has 1 aliphatic heterocycles. The fourth-order valence-electron chi connectivity index (χ4n) is 2.52. The molecule has 101 valence electrons. The molecule has 0 bridgehead atoms. The minimum atomic E-state index is 0. The second kappa shape index (κ2) is 7.92. The van der Waals surface area contributed by atoms with Crippen molar-refractivity contribution in [2.75, 3.05) is 31.1 Å². The van der Waals surface area contributed by atoms with Gasteiger partial charge in [-0.1, -0.05) is 12.1 Å². The van der Waals surface area contributed by atoms with Gasteiger partial charge in [0.1, 0.15) is 0 Å². The fourth-order valence-corrected chi connectivity index (χ4v) is 2.52. The Morgan fingerprint density at radius 1 is 0.900 bits per heavy atom. The van der Waals surface area contributed by atoms with Crippen LogP contribution in [0.5, 0.6) is 0 Å². The third-order valence-corrected chi connectivity index (χ3v) is 3.61. The largest absolute Gasteiger partial charge is 0.369 e. The van der Waals surface area contributed by atoms with Crippen LogP contribution < -0.4 is 10.2 Å². The first-order chi connectivity index (χ1) is 9.42. The second-order valence-electron chi connectivity index (χ2n) is 4.99. The summed E-state index contributed by atoms with van der Waals surface area (Å²) in [5.74, 6) is 0. The van der Waals surface area contributed by atoms with Crippen LogP contribution >= 0.6 is 0 Å². The van der Waals surface area contributed by atoms with E-state index >= 15 is 0 Å². The van der Waals surface area contributed by atoms with Crippen molar-refractivity contribution < 1.29 is 32.7 Å². The summed E-state index contributed by atoms with van der Waals surface area (Å²) < 4.78 is 0. The Morgan fingerprint density at radius 3 is 2.15 bits per heavy atom. The predicted octanol–water partition coefficient (Wildman–Crippen LogP) is 2.48. The van der Waals surface area contributed by atoms with E-state index in [-0.39, 0.29) is 32.7 Å². The molecular formula is C17H19N2Y-. The van der Waals surface area contributed by atoms with Crippen LogP contribution in [0.2, 0.25) is 0 Å². The average Bonchev–Trinajstić information content (AvgIpc) is 2.50. The van der Waals surface area contributed by atoms with Gasteiger partial charge in [0.2, 0.25) is 0 Å². The van der Waals surface area contributed by atoms with Gasteiger partial charge in [-0.15, -0.1) is 0 Å². The van der Waals surface area contributed by atoms with Crippen LogP contribution in [0.1, 0.15) is 11.1 Å². The summed E-state index contributed by atoms with van der Waals surface area (Å²) >= 11 is 0. The first-order valence-electron chi connectivity index (χ1n) is 6.91. The van der Waals surface area contributed by atoms with Gasteiger partial charge < -0.3 is 10.2 Å². The zero-order chi connectivity index (χ0) is 12.9. The quantitative estimate of drug-likeness (QED) is 0.864. The molecule has 2 aromatic rings. The van der Waals surface area contributed by atoms with Crippen molar-refractivity contribution in [1.29, 1.82) is 0 Å². The molecule has 0 amide bonds. The number of rotatable bonds is 3. The van der Waals surface area contributed by atoms with Crippen LogP contribution in [0.25, 0.3) is 0 Å². The number of hydrogen-bond acceptors (Lipinski definition) is 2. The molecule has 0 aromatic heterocycles. The van der Waals surface area contributed by atoms with E-state index in [9.17, 15) is 0 Å². The van der Waals surface area contributed by atoms with E-state index in [0.717, 1.165) is 32.6 Å². The Morgan fingerprint density at radius 2 is 1.50 bits per heavy atom. The minimum Gasteiger partial charge on any atom is -0.369 e. The predicted molar refractivity (Wildman–Crippen MR) is 79.6 cm³/mol. The number of piperazine rings is 1. The van der Waals surface area contributed by atoms with E-state index in [2.05, 4.69) is 52.7 Å². The summed E-state index contributed by atoms with van der Waals surface area (Å²) in [6.45, 7) is 4.38. The van der Waals surface area contributed by atoms with Gasteiger partial charge in [0, 0.05) is 64.6 Å². The molecule has 3 rings (SSSR count).